The number of rotatable bonds is 11. The van der Waals surface area contributed by atoms with Gasteiger partial charge in [-0.05, 0) is 0 Å². The SMILES string of the molecule is COC(=O)/C=C/C(=O)OCCOCCOCCN=O. The average molecular weight is 275 g/mol. The first-order valence-corrected chi connectivity index (χ1v) is 5.58. The molecule has 0 aliphatic heterocycles. The third-order valence-electron chi connectivity index (χ3n) is 1.73. The van der Waals surface area contributed by atoms with E-state index < -0.39 is 11.9 Å². The van der Waals surface area contributed by atoms with Gasteiger partial charge in [-0.25, -0.2) is 9.59 Å². The number of methoxy groups -OCH3 is 1. The van der Waals surface area contributed by atoms with Crippen LogP contribution in [-0.2, 0) is 28.5 Å². The molecule has 0 radical (unpaired) electrons. The van der Waals surface area contributed by atoms with Gasteiger partial charge in [-0.2, -0.15) is 4.91 Å². The molecule has 0 N–H and O–H groups in total. The molecule has 0 aromatic heterocycles. The Balaban J connectivity index is 3.34. The highest BCUT2D eigenvalue weighted by atomic mass is 16.6. The van der Waals surface area contributed by atoms with Crippen molar-refractivity contribution in [2.24, 2.45) is 5.18 Å². The second-order valence-electron chi connectivity index (χ2n) is 3.10. The van der Waals surface area contributed by atoms with Gasteiger partial charge in [0.15, 0.2) is 0 Å². The Bertz CT molecular complexity index is 303. The minimum Gasteiger partial charge on any atom is -0.466 e. The smallest absolute Gasteiger partial charge is 0.331 e. The zero-order chi connectivity index (χ0) is 14.3. The molecule has 0 unspecified atom stereocenters. The van der Waals surface area contributed by atoms with Gasteiger partial charge < -0.3 is 18.9 Å². The Morgan fingerprint density at radius 2 is 1.53 bits per heavy atom. The van der Waals surface area contributed by atoms with E-state index in [9.17, 15) is 14.5 Å². The molecular formula is C11H17NO7. The van der Waals surface area contributed by atoms with Gasteiger partial charge in [-0.1, -0.05) is 5.18 Å². The molecule has 0 rings (SSSR count). The molecule has 0 atom stereocenters. The summed E-state index contributed by atoms with van der Waals surface area (Å²) in [6.45, 7) is 1.33. The van der Waals surface area contributed by atoms with E-state index in [1.807, 2.05) is 0 Å². The van der Waals surface area contributed by atoms with E-state index in [1.54, 1.807) is 0 Å². The van der Waals surface area contributed by atoms with Crippen LogP contribution in [-0.4, -0.2) is 58.6 Å². The maximum atomic E-state index is 11.0. The molecule has 0 spiro atoms. The highest BCUT2D eigenvalue weighted by molar-refractivity contribution is 5.91. The Morgan fingerprint density at radius 3 is 2.16 bits per heavy atom. The first-order chi connectivity index (χ1) is 9.20. The van der Waals surface area contributed by atoms with Crippen LogP contribution in [0.15, 0.2) is 17.3 Å². The van der Waals surface area contributed by atoms with Gasteiger partial charge >= 0.3 is 11.9 Å². The lowest BCUT2D eigenvalue weighted by atomic mass is 10.5. The van der Waals surface area contributed by atoms with E-state index >= 15 is 0 Å². The molecule has 8 heteroatoms. The highest BCUT2D eigenvalue weighted by Gasteiger charge is 1.99. The van der Waals surface area contributed by atoms with E-state index in [-0.39, 0.29) is 26.4 Å². The first-order valence-electron chi connectivity index (χ1n) is 5.58. The summed E-state index contributed by atoms with van der Waals surface area (Å²) < 4.78 is 19.1. The summed E-state index contributed by atoms with van der Waals surface area (Å²) in [5.41, 5.74) is 0. The Labute approximate surface area is 110 Å². The van der Waals surface area contributed by atoms with Gasteiger partial charge in [0, 0.05) is 12.2 Å². The van der Waals surface area contributed by atoms with E-state index in [1.165, 1.54) is 7.11 Å². The minimum absolute atomic E-state index is 0.0697. The summed E-state index contributed by atoms with van der Waals surface area (Å²) in [5, 5.41) is 2.63. The number of carbonyl (C=O) groups excluding carboxylic acids is 2. The number of nitrogens with zero attached hydrogens (tertiary/aromatic N) is 1. The molecule has 108 valence electrons. The molecule has 0 heterocycles. The molecule has 0 amide bonds. The van der Waals surface area contributed by atoms with E-state index in [4.69, 9.17) is 14.2 Å². The molecule has 0 aliphatic rings. The van der Waals surface area contributed by atoms with Gasteiger partial charge in [0.25, 0.3) is 0 Å². The number of nitroso groups, excluding NO2 is 1. The lowest BCUT2D eigenvalue weighted by Gasteiger charge is -2.04. The number of carbonyl (C=O) groups is 2. The summed E-state index contributed by atoms with van der Waals surface area (Å²) in [6, 6.07) is 0. The van der Waals surface area contributed by atoms with Crippen LogP contribution in [0.5, 0.6) is 0 Å². The van der Waals surface area contributed by atoms with Gasteiger partial charge in [0.1, 0.15) is 13.2 Å². The topological polar surface area (TPSA) is 100 Å². The molecule has 0 fully saturated rings. The fraction of sp³-hybridized carbons (Fsp3) is 0.636. The van der Waals surface area contributed by atoms with Crippen molar-refractivity contribution < 1.29 is 28.5 Å². The third-order valence-corrected chi connectivity index (χ3v) is 1.73. The molecule has 0 aromatic carbocycles. The van der Waals surface area contributed by atoms with Crippen LogP contribution >= 0.6 is 0 Å². The molecule has 0 bridgehead atoms. The third kappa shape index (κ3) is 12.4. The molecule has 0 aliphatic carbocycles. The van der Waals surface area contributed by atoms with Crippen molar-refractivity contribution in [3.05, 3.63) is 17.1 Å². The fourth-order valence-electron chi connectivity index (χ4n) is 0.877. The van der Waals surface area contributed by atoms with Gasteiger partial charge in [0.2, 0.25) is 0 Å². The van der Waals surface area contributed by atoms with E-state index in [0.29, 0.717) is 13.2 Å². The number of esters is 2. The number of ether oxygens (including phenoxy) is 4. The van der Waals surface area contributed by atoms with Gasteiger partial charge in [0.05, 0.1) is 33.5 Å². The summed E-state index contributed by atoms with van der Waals surface area (Å²) in [5.74, 6) is -1.28. The average Bonchev–Trinajstić information content (AvgIpc) is 2.42. The number of hydrogen-bond donors (Lipinski definition) is 0. The van der Waals surface area contributed by atoms with Crippen molar-refractivity contribution in [2.45, 2.75) is 0 Å². The van der Waals surface area contributed by atoms with Crippen LogP contribution in [0.25, 0.3) is 0 Å². The lowest BCUT2D eigenvalue weighted by molar-refractivity contribution is -0.140. The fourth-order valence-corrected chi connectivity index (χ4v) is 0.877. The van der Waals surface area contributed by atoms with Crippen LogP contribution in [0.3, 0.4) is 0 Å². The van der Waals surface area contributed by atoms with Crippen LogP contribution in [0.4, 0.5) is 0 Å². The second kappa shape index (κ2) is 12.7. The largest absolute Gasteiger partial charge is 0.466 e. The predicted molar refractivity (Wildman–Crippen MR) is 64.4 cm³/mol. The number of hydrogen-bond acceptors (Lipinski definition) is 8. The monoisotopic (exact) mass is 275 g/mol. The van der Waals surface area contributed by atoms with Crippen LogP contribution in [0.2, 0.25) is 0 Å². The van der Waals surface area contributed by atoms with Crippen molar-refractivity contribution >= 4 is 11.9 Å². The normalized spacial score (nSPS) is 10.4. The quantitative estimate of drug-likeness (QED) is 0.227. The summed E-state index contributed by atoms with van der Waals surface area (Å²) in [6.07, 6.45) is 1.94. The minimum atomic E-state index is -0.651. The van der Waals surface area contributed by atoms with Crippen LogP contribution in [0, 0.1) is 4.91 Å². The van der Waals surface area contributed by atoms with Crippen molar-refractivity contribution in [1.29, 1.82) is 0 Å². The van der Waals surface area contributed by atoms with Crippen LogP contribution < -0.4 is 0 Å². The zero-order valence-electron chi connectivity index (χ0n) is 10.7. The Hall–Kier alpha value is -1.80. The summed E-state index contributed by atoms with van der Waals surface area (Å²) >= 11 is 0. The molecule has 0 aromatic rings. The molecule has 19 heavy (non-hydrogen) atoms. The van der Waals surface area contributed by atoms with Crippen molar-refractivity contribution in [1.82, 2.24) is 0 Å². The zero-order valence-corrected chi connectivity index (χ0v) is 10.7. The molecule has 8 nitrogen and oxygen atoms in total. The molecule has 0 saturated heterocycles. The predicted octanol–water partition coefficient (Wildman–Crippen LogP) is 0.0584. The Morgan fingerprint density at radius 1 is 0.947 bits per heavy atom. The van der Waals surface area contributed by atoms with Crippen molar-refractivity contribution in [3.63, 3.8) is 0 Å². The highest BCUT2D eigenvalue weighted by Crippen LogP contribution is 1.86. The lowest BCUT2D eigenvalue weighted by Crippen LogP contribution is -2.12. The summed E-state index contributed by atoms with van der Waals surface area (Å²) in [7, 11) is 1.21. The van der Waals surface area contributed by atoms with Crippen molar-refractivity contribution in [2.75, 3.05) is 46.7 Å². The van der Waals surface area contributed by atoms with E-state index in [0.717, 1.165) is 12.2 Å². The Kier molecular flexibility index (Phi) is 11.5. The summed E-state index contributed by atoms with van der Waals surface area (Å²) in [4.78, 5) is 31.4. The molecular weight excluding hydrogens is 258 g/mol. The molecule has 0 saturated carbocycles. The van der Waals surface area contributed by atoms with Gasteiger partial charge in [-0.3, -0.25) is 0 Å². The van der Waals surface area contributed by atoms with Crippen molar-refractivity contribution in [3.8, 4) is 0 Å². The second-order valence-corrected chi connectivity index (χ2v) is 3.10. The first kappa shape index (κ1) is 17.2. The van der Waals surface area contributed by atoms with Gasteiger partial charge in [-0.15, -0.1) is 0 Å². The van der Waals surface area contributed by atoms with Crippen LogP contribution in [0.1, 0.15) is 0 Å². The maximum absolute atomic E-state index is 11.0. The van der Waals surface area contributed by atoms with E-state index in [2.05, 4.69) is 9.91 Å². The standard InChI is InChI=1S/C11H17NO7/c1-16-10(13)2-3-11(14)19-9-8-18-7-6-17-5-4-12-15/h2-3H,4-9H2,1H3/b3-2+. The maximum Gasteiger partial charge on any atom is 0.331 e.